The Labute approximate surface area is 179 Å². The van der Waals surface area contributed by atoms with Crippen LogP contribution < -0.4 is 16.0 Å². The van der Waals surface area contributed by atoms with E-state index in [1.54, 1.807) is 13.8 Å². The Balaban J connectivity index is 2.77. The first-order valence-corrected chi connectivity index (χ1v) is 11.5. The second kappa shape index (κ2) is 12.1. The molecule has 3 N–H and O–H groups in total. The number of rotatable bonds is 11. The van der Waals surface area contributed by atoms with Gasteiger partial charge in [0.15, 0.2) is 0 Å². The van der Waals surface area contributed by atoms with Crippen molar-refractivity contribution < 1.29 is 36.4 Å². The molecule has 1 aromatic rings. The molecule has 0 saturated heterocycles. The molecular weight excluding hydrogens is 438 g/mol. The number of hydrogen-bond acceptors (Lipinski definition) is 5. The molecule has 176 valence electrons. The summed E-state index contributed by atoms with van der Waals surface area (Å²) in [6.07, 6.45) is -4.56. The van der Waals surface area contributed by atoms with Gasteiger partial charge in [-0.2, -0.15) is 13.2 Å². The van der Waals surface area contributed by atoms with E-state index < -0.39 is 37.3 Å². The zero-order valence-electron chi connectivity index (χ0n) is 17.9. The Morgan fingerprint density at radius 1 is 1.06 bits per heavy atom. The standard InChI is InChI=1S/C19H29F3N3O5P/c1-5-29-31(28,30-6-2)12-23-17(26)16(11-13(3)4)25-18(27)24-15-9-7-14(8-10-15)19(20,21)22/h7-10,13,16H,5-6,11-12H2,1-4H3,(H,23,26)(H2,24,25,27)/t16-/m0/s1. The number of alkyl halides is 3. The molecule has 0 radical (unpaired) electrons. The summed E-state index contributed by atoms with van der Waals surface area (Å²) < 4.78 is 60.6. The van der Waals surface area contributed by atoms with Crippen molar-refractivity contribution in [3.8, 4) is 0 Å². The van der Waals surface area contributed by atoms with Gasteiger partial charge in [0.25, 0.3) is 0 Å². The molecular formula is C19H29F3N3O5P. The van der Waals surface area contributed by atoms with Crippen molar-refractivity contribution in [3.63, 3.8) is 0 Å². The molecule has 3 amide bonds. The number of carbonyl (C=O) groups excluding carboxylic acids is 2. The summed E-state index contributed by atoms with van der Waals surface area (Å²) in [7, 11) is -3.51. The zero-order valence-corrected chi connectivity index (χ0v) is 18.8. The van der Waals surface area contributed by atoms with E-state index >= 15 is 0 Å². The molecule has 0 aliphatic rings. The maximum absolute atomic E-state index is 12.6. The second-order valence-electron chi connectivity index (χ2n) is 7.00. The van der Waals surface area contributed by atoms with Crippen LogP contribution in [-0.4, -0.2) is 37.5 Å². The molecule has 0 aliphatic heterocycles. The summed E-state index contributed by atoms with van der Waals surface area (Å²) in [6.45, 7) is 7.25. The summed E-state index contributed by atoms with van der Waals surface area (Å²) >= 11 is 0. The van der Waals surface area contributed by atoms with Gasteiger partial charge in [-0.1, -0.05) is 13.8 Å². The van der Waals surface area contributed by atoms with Crippen LogP contribution in [0.5, 0.6) is 0 Å². The van der Waals surface area contributed by atoms with Gasteiger partial charge in [-0.25, -0.2) is 4.79 Å². The van der Waals surface area contributed by atoms with Crippen molar-refractivity contribution >= 4 is 25.2 Å². The molecule has 8 nitrogen and oxygen atoms in total. The van der Waals surface area contributed by atoms with Gasteiger partial charge in [-0.15, -0.1) is 0 Å². The Hall–Kier alpha value is -2.10. The predicted molar refractivity (Wildman–Crippen MR) is 111 cm³/mol. The van der Waals surface area contributed by atoms with E-state index in [0.29, 0.717) is 0 Å². The van der Waals surface area contributed by atoms with Gasteiger partial charge in [0.05, 0.1) is 18.8 Å². The first-order chi connectivity index (χ1) is 14.4. The van der Waals surface area contributed by atoms with Crippen LogP contribution in [0.3, 0.4) is 0 Å². The Kier molecular flexibility index (Phi) is 10.5. The van der Waals surface area contributed by atoms with Gasteiger partial charge < -0.3 is 25.0 Å². The number of anilines is 1. The van der Waals surface area contributed by atoms with Crippen LogP contribution in [0.15, 0.2) is 24.3 Å². The van der Waals surface area contributed by atoms with Crippen LogP contribution in [0.25, 0.3) is 0 Å². The van der Waals surface area contributed by atoms with Crippen molar-refractivity contribution in [2.75, 3.05) is 24.8 Å². The van der Waals surface area contributed by atoms with Gasteiger partial charge >= 0.3 is 19.8 Å². The number of hydrogen-bond donors (Lipinski definition) is 3. The van der Waals surface area contributed by atoms with Crippen molar-refractivity contribution in [1.82, 2.24) is 10.6 Å². The van der Waals surface area contributed by atoms with Gasteiger partial charge in [-0.05, 0) is 50.5 Å². The maximum Gasteiger partial charge on any atom is 0.416 e. The highest BCUT2D eigenvalue weighted by Crippen LogP contribution is 2.46. The van der Waals surface area contributed by atoms with Gasteiger partial charge in [0.2, 0.25) is 5.91 Å². The minimum Gasteiger partial charge on any atom is -0.343 e. The Bertz CT molecular complexity index is 762. The fourth-order valence-electron chi connectivity index (χ4n) is 2.59. The lowest BCUT2D eigenvalue weighted by Gasteiger charge is -2.22. The number of benzene rings is 1. The highest BCUT2D eigenvalue weighted by Gasteiger charge is 2.30. The molecule has 0 spiro atoms. The predicted octanol–water partition coefficient (Wildman–Crippen LogP) is 4.58. The minimum absolute atomic E-state index is 0.0349. The van der Waals surface area contributed by atoms with E-state index in [1.807, 2.05) is 13.8 Å². The molecule has 0 aromatic heterocycles. The molecule has 1 atom stereocenters. The number of amides is 3. The van der Waals surface area contributed by atoms with Gasteiger partial charge in [-0.3, -0.25) is 9.36 Å². The highest BCUT2D eigenvalue weighted by atomic mass is 31.2. The number of halogens is 3. The molecule has 12 heteroatoms. The third-order valence-corrected chi connectivity index (χ3v) is 5.75. The number of carbonyl (C=O) groups is 2. The molecule has 0 aliphatic carbocycles. The van der Waals surface area contributed by atoms with Crippen LogP contribution in [0.1, 0.15) is 39.7 Å². The fraction of sp³-hybridized carbons (Fsp3) is 0.579. The van der Waals surface area contributed by atoms with Crippen molar-refractivity contribution in [2.45, 2.75) is 46.3 Å². The average Bonchev–Trinajstić information content (AvgIpc) is 2.65. The number of urea groups is 1. The second-order valence-corrected chi connectivity index (χ2v) is 9.06. The SMILES string of the molecule is CCOP(=O)(CNC(=O)[C@H](CC(C)C)NC(=O)Nc1ccc(C(F)(F)F)cc1)OCC. The summed E-state index contributed by atoms with van der Waals surface area (Å²) in [5.74, 6) is -0.552. The topological polar surface area (TPSA) is 106 Å². The molecule has 31 heavy (non-hydrogen) atoms. The Morgan fingerprint density at radius 2 is 1.61 bits per heavy atom. The highest BCUT2D eigenvalue weighted by molar-refractivity contribution is 7.53. The molecule has 0 fully saturated rings. The third kappa shape index (κ3) is 9.71. The maximum atomic E-state index is 12.6. The average molecular weight is 467 g/mol. The fourth-order valence-corrected chi connectivity index (χ4v) is 3.98. The quantitative estimate of drug-likeness (QED) is 0.413. The summed E-state index contributed by atoms with van der Waals surface area (Å²) in [4.78, 5) is 24.8. The molecule has 0 heterocycles. The van der Waals surface area contributed by atoms with Crippen LogP contribution in [0, 0.1) is 5.92 Å². The normalized spacial score (nSPS) is 13.0. The van der Waals surface area contributed by atoms with Crippen LogP contribution in [-0.2, 0) is 24.6 Å². The smallest absolute Gasteiger partial charge is 0.343 e. The summed E-state index contributed by atoms with van der Waals surface area (Å²) in [6, 6.07) is 2.17. The van der Waals surface area contributed by atoms with Crippen molar-refractivity contribution in [3.05, 3.63) is 29.8 Å². The lowest BCUT2D eigenvalue weighted by Crippen LogP contribution is -2.49. The molecule has 1 aromatic carbocycles. The molecule has 1 rings (SSSR count). The summed E-state index contributed by atoms with van der Waals surface area (Å²) in [5.41, 5.74) is -0.713. The number of nitrogens with one attached hydrogen (secondary N) is 3. The van der Waals surface area contributed by atoms with Gasteiger partial charge in [0, 0.05) is 5.69 Å². The first kappa shape index (κ1) is 26.9. The monoisotopic (exact) mass is 467 g/mol. The molecule has 0 saturated carbocycles. The van der Waals surface area contributed by atoms with Crippen LogP contribution in [0.2, 0.25) is 0 Å². The first-order valence-electron chi connectivity index (χ1n) is 9.80. The van der Waals surface area contributed by atoms with E-state index in [4.69, 9.17) is 9.05 Å². The van der Waals surface area contributed by atoms with E-state index in [-0.39, 0.29) is 37.5 Å². The minimum atomic E-state index is -4.48. The van der Waals surface area contributed by atoms with Gasteiger partial charge in [0.1, 0.15) is 12.3 Å². The van der Waals surface area contributed by atoms with E-state index in [1.165, 1.54) is 0 Å². The lowest BCUT2D eigenvalue weighted by molar-refractivity contribution is -0.137. The van der Waals surface area contributed by atoms with Crippen molar-refractivity contribution in [1.29, 1.82) is 0 Å². The largest absolute Gasteiger partial charge is 0.416 e. The van der Waals surface area contributed by atoms with Crippen LogP contribution >= 0.6 is 7.60 Å². The summed E-state index contributed by atoms with van der Waals surface area (Å²) in [5, 5.41) is 7.35. The lowest BCUT2D eigenvalue weighted by atomic mass is 10.0. The Morgan fingerprint density at radius 3 is 2.06 bits per heavy atom. The van der Waals surface area contributed by atoms with E-state index in [9.17, 15) is 27.3 Å². The van der Waals surface area contributed by atoms with Crippen molar-refractivity contribution in [2.24, 2.45) is 5.92 Å². The van der Waals surface area contributed by atoms with E-state index in [2.05, 4.69) is 16.0 Å². The molecule has 0 bridgehead atoms. The van der Waals surface area contributed by atoms with E-state index in [0.717, 1.165) is 24.3 Å². The third-order valence-electron chi connectivity index (χ3n) is 3.90. The zero-order chi connectivity index (χ0) is 23.7. The van der Waals surface area contributed by atoms with Crippen LogP contribution in [0.4, 0.5) is 23.7 Å². The molecule has 0 unspecified atom stereocenters.